The molecule has 3 amide bonds. The number of Topliss-reactive ketones (excluding diaryl/α,β-unsaturated/α-hetero) is 1. The Balaban J connectivity index is 1.82. The van der Waals surface area contributed by atoms with Crippen LogP contribution in [0.5, 0.6) is 0 Å². The van der Waals surface area contributed by atoms with Crippen LogP contribution in [0.25, 0.3) is 0 Å². The van der Waals surface area contributed by atoms with Crippen LogP contribution in [0.1, 0.15) is 21.5 Å². The molecule has 1 aliphatic heterocycles. The van der Waals surface area contributed by atoms with Crippen LogP contribution in [0.4, 0.5) is 4.79 Å². The standard InChI is InChI=1S/C14H11ClN2O3S2/c1-14(10-3-2-6-21-10)12(19)17(13(20)16-14)7-8(18)9-4-5-11(15)22-9/h2-6H,7H2,1H3,(H,16,20)/t14-/m0/s1. The smallest absolute Gasteiger partial charge is 0.319 e. The minimum absolute atomic E-state index is 0.289. The van der Waals surface area contributed by atoms with Crippen molar-refractivity contribution in [2.75, 3.05) is 6.54 Å². The summed E-state index contributed by atoms with van der Waals surface area (Å²) in [5, 5.41) is 4.50. The number of imide groups is 1. The molecule has 3 heterocycles. The van der Waals surface area contributed by atoms with Gasteiger partial charge in [0.15, 0.2) is 11.3 Å². The van der Waals surface area contributed by atoms with E-state index in [9.17, 15) is 14.4 Å². The normalized spacial score (nSPS) is 21.3. The average Bonchev–Trinajstić information content (AvgIpc) is 3.17. The molecule has 1 N–H and O–H groups in total. The summed E-state index contributed by atoms with van der Waals surface area (Å²) < 4.78 is 0.490. The zero-order chi connectivity index (χ0) is 15.9. The Morgan fingerprint density at radius 1 is 1.36 bits per heavy atom. The largest absolute Gasteiger partial charge is 0.325 e. The zero-order valence-corrected chi connectivity index (χ0v) is 13.8. The van der Waals surface area contributed by atoms with Crippen molar-refractivity contribution < 1.29 is 14.4 Å². The lowest BCUT2D eigenvalue weighted by Gasteiger charge is -2.19. The fourth-order valence-corrected chi connectivity index (χ4v) is 4.06. The third-order valence-electron chi connectivity index (χ3n) is 3.44. The topological polar surface area (TPSA) is 66.5 Å². The van der Waals surface area contributed by atoms with Gasteiger partial charge < -0.3 is 5.32 Å². The van der Waals surface area contributed by atoms with Gasteiger partial charge in [-0.05, 0) is 30.5 Å². The second-order valence-corrected chi connectivity index (χ2v) is 7.61. The first-order valence-electron chi connectivity index (χ1n) is 6.38. The van der Waals surface area contributed by atoms with Gasteiger partial charge in [-0.2, -0.15) is 0 Å². The van der Waals surface area contributed by atoms with E-state index in [1.807, 2.05) is 11.4 Å². The zero-order valence-electron chi connectivity index (χ0n) is 11.5. The van der Waals surface area contributed by atoms with E-state index < -0.39 is 17.5 Å². The maximum atomic E-state index is 12.6. The van der Waals surface area contributed by atoms with E-state index in [1.165, 1.54) is 11.3 Å². The Hall–Kier alpha value is -1.70. The van der Waals surface area contributed by atoms with Crippen LogP contribution in [0.3, 0.4) is 0 Å². The highest BCUT2D eigenvalue weighted by molar-refractivity contribution is 7.18. The molecular formula is C14H11ClN2O3S2. The van der Waals surface area contributed by atoms with Crippen molar-refractivity contribution >= 4 is 52.0 Å². The van der Waals surface area contributed by atoms with Crippen LogP contribution in [0.2, 0.25) is 4.34 Å². The second kappa shape index (κ2) is 5.49. The predicted molar refractivity (Wildman–Crippen MR) is 85.6 cm³/mol. The SMILES string of the molecule is C[C@@]1(c2cccs2)NC(=O)N(CC(=O)c2ccc(Cl)s2)C1=O. The minimum Gasteiger partial charge on any atom is -0.319 e. The van der Waals surface area contributed by atoms with Crippen molar-refractivity contribution in [3.05, 3.63) is 43.7 Å². The number of nitrogens with zero attached hydrogens (tertiary/aromatic N) is 1. The Morgan fingerprint density at radius 2 is 2.14 bits per heavy atom. The van der Waals surface area contributed by atoms with Crippen LogP contribution >= 0.6 is 34.3 Å². The molecule has 2 aromatic rings. The average molecular weight is 355 g/mol. The molecule has 1 saturated heterocycles. The number of hydrogen-bond acceptors (Lipinski definition) is 5. The Labute approximate surface area is 139 Å². The predicted octanol–water partition coefficient (Wildman–Crippen LogP) is 3.11. The van der Waals surface area contributed by atoms with E-state index in [-0.39, 0.29) is 12.3 Å². The first-order chi connectivity index (χ1) is 10.4. The Bertz CT molecular complexity index is 756. The van der Waals surface area contributed by atoms with Gasteiger partial charge in [-0.25, -0.2) is 4.79 Å². The molecule has 1 fully saturated rings. The van der Waals surface area contributed by atoms with Crippen molar-refractivity contribution in [1.82, 2.24) is 10.2 Å². The van der Waals surface area contributed by atoms with Gasteiger partial charge in [-0.15, -0.1) is 22.7 Å². The summed E-state index contributed by atoms with van der Waals surface area (Å²) in [5.74, 6) is -0.730. The molecule has 1 atom stereocenters. The van der Waals surface area contributed by atoms with Gasteiger partial charge >= 0.3 is 6.03 Å². The molecule has 0 bridgehead atoms. The summed E-state index contributed by atoms with van der Waals surface area (Å²) in [4.78, 5) is 39.0. The number of urea groups is 1. The number of halogens is 1. The van der Waals surface area contributed by atoms with E-state index in [2.05, 4.69) is 5.32 Å². The van der Waals surface area contributed by atoms with Crippen molar-refractivity contribution in [2.45, 2.75) is 12.5 Å². The molecule has 114 valence electrons. The van der Waals surface area contributed by atoms with E-state index in [0.29, 0.717) is 9.21 Å². The molecular weight excluding hydrogens is 344 g/mol. The van der Waals surface area contributed by atoms with E-state index >= 15 is 0 Å². The van der Waals surface area contributed by atoms with E-state index in [4.69, 9.17) is 11.6 Å². The van der Waals surface area contributed by atoms with Crippen molar-refractivity contribution in [3.63, 3.8) is 0 Å². The van der Waals surface area contributed by atoms with Crippen LogP contribution in [0.15, 0.2) is 29.6 Å². The third-order valence-corrected chi connectivity index (χ3v) is 5.80. The molecule has 0 spiro atoms. The van der Waals surface area contributed by atoms with Gasteiger partial charge in [0.2, 0.25) is 0 Å². The lowest BCUT2D eigenvalue weighted by atomic mass is 10.0. The molecule has 0 aliphatic carbocycles. The first-order valence-corrected chi connectivity index (χ1v) is 8.46. The molecule has 3 rings (SSSR count). The van der Waals surface area contributed by atoms with Gasteiger partial charge in [0.05, 0.1) is 15.8 Å². The Kier molecular flexibility index (Phi) is 3.80. The molecule has 0 unspecified atom stereocenters. The summed E-state index contributed by atoms with van der Waals surface area (Å²) in [5.41, 5.74) is -1.11. The summed E-state index contributed by atoms with van der Waals surface area (Å²) in [6.45, 7) is 1.36. The monoisotopic (exact) mass is 354 g/mol. The van der Waals surface area contributed by atoms with Crippen LogP contribution in [0, 0.1) is 0 Å². The molecule has 0 saturated carbocycles. The van der Waals surface area contributed by atoms with Gasteiger partial charge in [0.25, 0.3) is 5.91 Å². The lowest BCUT2D eigenvalue weighted by Crippen LogP contribution is -2.40. The first kappa shape index (κ1) is 15.2. The van der Waals surface area contributed by atoms with Crippen molar-refractivity contribution in [3.8, 4) is 0 Å². The van der Waals surface area contributed by atoms with Gasteiger partial charge in [-0.1, -0.05) is 17.7 Å². The van der Waals surface area contributed by atoms with Gasteiger partial charge in [-0.3, -0.25) is 14.5 Å². The number of rotatable bonds is 4. The number of thiophene rings is 2. The number of hydrogen-bond donors (Lipinski definition) is 1. The molecule has 2 aromatic heterocycles. The fraction of sp³-hybridized carbons (Fsp3) is 0.214. The minimum atomic E-state index is -1.11. The Morgan fingerprint density at radius 3 is 2.73 bits per heavy atom. The van der Waals surface area contributed by atoms with Crippen molar-refractivity contribution in [2.24, 2.45) is 0 Å². The van der Waals surface area contributed by atoms with Crippen LogP contribution in [-0.2, 0) is 10.3 Å². The number of ketones is 1. The van der Waals surface area contributed by atoms with E-state index in [1.54, 1.807) is 25.1 Å². The summed E-state index contributed by atoms with van der Waals surface area (Å²) in [7, 11) is 0. The number of carbonyl (C=O) groups excluding carboxylic acids is 3. The highest BCUT2D eigenvalue weighted by Crippen LogP contribution is 2.32. The molecule has 0 radical (unpaired) electrons. The molecule has 8 heteroatoms. The summed E-state index contributed by atoms with van der Waals surface area (Å²) in [6.07, 6.45) is 0. The molecule has 0 aromatic carbocycles. The third kappa shape index (κ3) is 2.45. The maximum Gasteiger partial charge on any atom is 0.325 e. The fourth-order valence-electron chi connectivity index (χ4n) is 2.26. The number of amides is 3. The summed E-state index contributed by atoms with van der Waals surface area (Å²) in [6, 6.07) is 6.24. The number of carbonyl (C=O) groups is 3. The molecule has 5 nitrogen and oxygen atoms in total. The quantitative estimate of drug-likeness (QED) is 0.677. The second-order valence-electron chi connectivity index (χ2n) is 4.95. The van der Waals surface area contributed by atoms with Gasteiger partial charge in [0, 0.05) is 4.88 Å². The maximum absolute atomic E-state index is 12.6. The molecule has 22 heavy (non-hydrogen) atoms. The van der Waals surface area contributed by atoms with E-state index in [0.717, 1.165) is 21.1 Å². The van der Waals surface area contributed by atoms with Crippen LogP contribution in [-0.4, -0.2) is 29.2 Å². The summed E-state index contributed by atoms with van der Waals surface area (Å²) >= 11 is 8.31. The molecule has 1 aliphatic rings. The highest BCUT2D eigenvalue weighted by atomic mass is 35.5. The number of nitrogens with one attached hydrogen (secondary N) is 1. The van der Waals surface area contributed by atoms with Crippen LogP contribution < -0.4 is 5.32 Å². The van der Waals surface area contributed by atoms with Crippen molar-refractivity contribution in [1.29, 1.82) is 0 Å². The lowest BCUT2D eigenvalue weighted by molar-refractivity contribution is -0.130. The highest BCUT2D eigenvalue weighted by Gasteiger charge is 2.50. The van der Waals surface area contributed by atoms with Gasteiger partial charge in [0.1, 0.15) is 0 Å².